The van der Waals surface area contributed by atoms with E-state index < -0.39 is 18.1 Å². The maximum atomic E-state index is 10.8. The van der Waals surface area contributed by atoms with Gasteiger partial charge in [-0.05, 0) is 12.8 Å². The first-order valence-corrected chi connectivity index (χ1v) is 11.9. The normalized spacial score (nSPS) is 17.8. The van der Waals surface area contributed by atoms with Crippen LogP contribution in [0, 0.1) is 0 Å². The van der Waals surface area contributed by atoms with E-state index >= 15 is 0 Å². The lowest BCUT2D eigenvalue weighted by atomic mass is 9.93. The summed E-state index contributed by atoms with van der Waals surface area (Å²) in [6.07, 6.45) is 1.04. The molecular weight excluding hydrogens is 594 g/mol. The minimum absolute atomic E-state index is 0.0892. The van der Waals surface area contributed by atoms with Crippen molar-refractivity contribution in [3.63, 3.8) is 0 Å². The third-order valence-corrected chi connectivity index (χ3v) is 8.72. The van der Waals surface area contributed by atoms with Gasteiger partial charge < -0.3 is 9.79 Å². The van der Waals surface area contributed by atoms with Crippen LogP contribution in [0.25, 0.3) is 0 Å². The fraction of sp³-hybridized carbons (Fsp3) is 1.00. The number of alkyl halides is 6. The predicted octanol–water partition coefficient (Wildman–Crippen LogP) is 4.78. The van der Waals surface area contributed by atoms with Gasteiger partial charge in [-0.15, -0.1) is 23.2 Å². The molecule has 0 aliphatic carbocycles. The first-order chi connectivity index (χ1) is 9.04. The van der Waals surface area contributed by atoms with Crippen molar-refractivity contribution in [3.05, 3.63) is 0 Å². The summed E-state index contributed by atoms with van der Waals surface area (Å²) in [6.45, 7) is -0.320. The maximum absolute atomic E-state index is 10.8. The number of hydrogen-bond donors (Lipinski definition) is 2. The highest BCUT2D eigenvalue weighted by Crippen LogP contribution is 2.42. The van der Waals surface area contributed by atoms with Crippen LogP contribution in [-0.2, 0) is 9.09 Å². The van der Waals surface area contributed by atoms with E-state index in [-0.39, 0.29) is 16.3 Å². The first-order valence-electron chi connectivity index (χ1n) is 5.47. The fourth-order valence-electron chi connectivity index (χ4n) is 1.50. The molecule has 0 aliphatic heterocycles. The van der Waals surface area contributed by atoms with Crippen LogP contribution in [0.5, 0.6) is 0 Å². The van der Waals surface area contributed by atoms with Gasteiger partial charge in [-0.3, -0.25) is 4.52 Å². The number of phosphoric acid groups is 1. The van der Waals surface area contributed by atoms with Crippen LogP contribution in [0.1, 0.15) is 12.8 Å². The Morgan fingerprint density at radius 1 is 1.15 bits per heavy atom. The lowest BCUT2D eigenvalue weighted by Gasteiger charge is -2.34. The van der Waals surface area contributed by atoms with Gasteiger partial charge in [-0.25, -0.2) is 4.57 Å². The van der Waals surface area contributed by atoms with E-state index in [1.807, 2.05) is 0 Å². The molecule has 0 heterocycles. The molecule has 0 unspecified atom stereocenters. The van der Waals surface area contributed by atoms with Crippen molar-refractivity contribution in [2.45, 2.75) is 32.7 Å². The summed E-state index contributed by atoms with van der Waals surface area (Å²) in [4.78, 5) is 16.8. The maximum Gasteiger partial charge on any atom is 0.469 e. The molecule has 0 rings (SSSR count). The molecule has 0 aromatic heterocycles. The van der Waals surface area contributed by atoms with Crippen molar-refractivity contribution in [2.75, 3.05) is 17.3 Å². The molecule has 20 heavy (non-hydrogen) atoms. The van der Waals surface area contributed by atoms with Crippen molar-refractivity contribution in [2.24, 2.45) is 0 Å². The Balaban J connectivity index is 4.84. The van der Waals surface area contributed by atoms with Crippen LogP contribution in [0.4, 0.5) is 0 Å². The van der Waals surface area contributed by atoms with E-state index in [1.54, 1.807) is 0 Å². The highest BCUT2D eigenvalue weighted by molar-refractivity contribution is 9.12. The van der Waals surface area contributed by atoms with E-state index in [1.165, 1.54) is 0 Å². The monoisotopic (exact) mass is 604 g/mol. The van der Waals surface area contributed by atoms with Gasteiger partial charge in [0.05, 0.1) is 16.9 Å². The lowest BCUT2D eigenvalue weighted by Crippen LogP contribution is -2.41. The molecule has 3 atom stereocenters. The summed E-state index contributed by atoms with van der Waals surface area (Å²) >= 11 is 26.5. The van der Waals surface area contributed by atoms with Gasteiger partial charge >= 0.3 is 7.82 Å². The highest BCUT2D eigenvalue weighted by Gasteiger charge is 2.40. The van der Waals surface area contributed by atoms with Crippen LogP contribution in [0.2, 0.25) is 0 Å². The van der Waals surface area contributed by atoms with Gasteiger partial charge in [0, 0.05) is 20.3 Å². The first kappa shape index (κ1) is 22.6. The average Bonchev–Trinajstić information content (AvgIpc) is 2.34. The molecule has 4 nitrogen and oxygen atoms in total. The SMILES string of the molecule is O=P(O)(O)OC[C@H](Cl)C(Cl)(C[C@@H](Br)CBr)C[C@@H](Br)CBr. The molecule has 0 radical (unpaired) electrons. The number of halogens is 6. The Hall–Kier alpha value is 2.61. The van der Waals surface area contributed by atoms with E-state index in [4.69, 9.17) is 33.0 Å². The largest absolute Gasteiger partial charge is 0.469 e. The van der Waals surface area contributed by atoms with E-state index in [2.05, 4.69) is 68.2 Å². The standard InChI is InChI=1S/C9H15Br4Cl2O4P/c10-3-6(12)1-9(15,2-7(13)4-11)8(14)5-19-20(16,17)18/h6-8H,1-5H2,(H2,16,17,18)/t6-,7-,8+/m1/s1. The zero-order valence-corrected chi connectivity index (χ0v) is 18.9. The zero-order chi connectivity index (χ0) is 16.0. The van der Waals surface area contributed by atoms with Gasteiger partial charge in [0.25, 0.3) is 0 Å². The highest BCUT2D eigenvalue weighted by atomic mass is 79.9. The van der Waals surface area contributed by atoms with Gasteiger partial charge in [0.1, 0.15) is 0 Å². The van der Waals surface area contributed by atoms with Gasteiger partial charge in [-0.1, -0.05) is 63.7 Å². The molecule has 122 valence electrons. The molecule has 0 aromatic rings. The second-order valence-electron chi connectivity index (χ2n) is 4.20. The van der Waals surface area contributed by atoms with Crippen molar-refractivity contribution in [3.8, 4) is 0 Å². The summed E-state index contributed by atoms with van der Waals surface area (Å²) in [7, 11) is -4.56. The molecule has 0 spiro atoms. The Bertz CT molecular complexity index is 321. The van der Waals surface area contributed by atoms with E-state index in [0.29, 0.717) is 23.5 Å². The smallest absolute Gasteiger partial charge is 0.303 e. The van der Waals surface area contributed by atoms with Crippen molar-refractivity contribution >= 4 is 94.7 Å². The topological polar surface area (TPSA) is 66.8 Å². The van der Waals surface area contributed by atoms with Gasteiger partial charge in [0.2, 0.25) is 0 Å². The molecule has 0 saturated carbocycles. The van der Waals surface area contributed by atoms with Gasteiger partial charge in [0.15, 0.2) is 0 Å². The van der Waals surface area contributed by atoms with E-state index in [0.717, 1.165) is 0 Å². The average molecular weight is 609 g/mol. The second kappa shape index (κ2) is 10.5. The molecule has 0 amide bonds. The van der Waals surface area contributed by atoms with Crippen LogP contribution in [-0.4, -0.2) is 47.0 Å². The minimum atomic E-state index is -4.56. The van der Waals surface area contributed by atoms with Crippen molar-refractivity contribution in [1.82, 2.24) is 0 Å². The summed E-state index contributed by atoms with van der Waals surface area (Å²) in [5, 5.41) is 0.632. The van der Waals surface area contributed by atoms with Gasteiger partial charge in [-0.2, -0.15) is 0 Å². The van der Waals surface area contributed by atoms with Crippen molar-refractivity contribution in [1.29, 1.82) is 0 Å². The molecule has 0 fully saturated rings. The molecule has 0 aromatic carbocycles. The number of rotatable bonds is 10. The molecule has 11 heteroatoms. The van der Waals surface area contributed by atoms with Crippen LogP contribution < -0.4 is 0 Å². The van der Waals surface area contributed by atoms with Crippen LogP contribution in [0.15, 0.2) is 0 Å². The summed E-state index contributed by atoms with van der Waals surface area (Å²) in [6, 6.07) is 0. The lowest BCUT2D eigenvalue weighted by molar-refractivity contribution is 0.187. The molecule has 2 N–H and O–H groups in total. The number of phosphoric ester groups is 1. The molecule has 0 aliphatic rings. The second-order valence-corrected chi connectivity index (χ2v) is 10.6. The molecule has 0 bridgehead atoms. The fourth-order valence-corrected chi connectivity index (χ4v) is 4.59. The zero-order valence-electron chi connectivity index (χ0n) is 10.2. The summed E-state index contributed by atoms with van der Waals surface area (Å²) in [5.41, 5.74) is 0. The predicted molar refractivity (Wildman–Crippen MR) is 98.5 cm³/mol. The van der Waals surface area contributed by atoms with Crippen molar-refractivity contribution < 1.29 is 18.9 Å². The third kappa shape index (κ3) is 9.68. The Labute approximate surface area is 162 Å². The van der Waals surface area contributed by atoms with Crippen LogP contribution in [0.3, 0.4) is 0 Å². The molecule has 0 saturated heterocycles. The quantitative estimate of drug-likeness (QED) is 0.277. The minimum Gasteiger partial charge on any atom is -0.303 e. The third-order valence-electron chi connectivity index (χ3n) is 2.41. The Kier molecular flexibility index (Phi) is 11.8. The Morgan fingerprint density at radius 3 is 1.85 bits per heavy atom. The summed E-state index contributed by atoms with van der Waals surface area (Å²) < 4.78 is 15.2. The molecular formula is C9H15Br4Cl2O4P. The Morgan fingerprint density at radius 2 is 1.55 bits per heavy atom. The van der Waals surface area contributed by atoms with E-state index in [9.17, 15) is 4.57 Å². The number of hydrogen-bond acceptors (Lipinski definition) is 2. The summed E-state index contributed by atoms with van der Waals surface area (Å²) in [5.74, 6) is 0. The van der Waals surface area contributed by atoms with Crippen LogP contribution >= 0.6 is 94.7 Å².